The van der Waals surface area contributed by atoms with Crippen molar-refractivity contribution >= 4 is 5.91 Å². The lowest BCUT2D eigenvalue weighted by Gasteiger charge is -2.27. The Bertz CT molecular complexity index is 893. The molecule has 0 saturated heterocycles. The number of allylic oxidation sites excluding steroid dienone is 4. The van der Waals surface area contributed by atoms with Crippen molar-refractivity contribution in [3.8, 4) is 0 Å². The second kappa shape index (κ2) is 47.8. The molecule has 0 rings (SSSR count). The van der Waals surface area contributed by atoms with E-state index in [0.717, 1.165) is 38.5 Å². The molecular formula is C53H103NO5. The molecule has 0 radical (unpaired) electrons. The summed E-state index contributed by atoms with van der Waals surface area (Å²) in [4.78, 5) is 12.6. The van der Waals surface area contributed by atoms with Gasteiger partial charge in [-0.05, 0) is 64.2 Å². The number of aliphatic hydroxyl groups is 4. The third kappa shape index (κ3) is 41.9. The van der Waals surface area contributed by atoms with Crippen molar-refractivity contribution in [3.63, 3.8) is 0 Å². The highest BCUT2D eigenvalue weighted by Crippen LogP contribution is 2.17. The summed E-state index contributed by atoms with van der Waals surface area (Å²) in [5.41, 5.74) is 0. The van der Waals surface area contributed by atoms with E-state index in [9.17, 15) is 25.2 Å². The Morgan fingerprint density at radius 2 is 0.695 bits per heavy atom. The van der Waals surface area contributed by atoms with Crippen molar-refractivity contribution in [2.24, 2.45) is 0 Å². The third-order valence-electron chi connectivity index (χ3n) is 12.4. The van der Waals surface area contributed by atoms with Gasteiger partial charge in [-0.25, -0.2) is 0 Å². The molecule has 0 aliphatic rings. The zero-order chi connectivity index (χ0) is 43.1. The summed E-state index contributed by atoms with van der Waals surface area (Å²) in [6.07, 6.45) is 56.7. The highest BCUT2D eigenvalue weighted by molar-refractivity contribution is 5.80. The van der Waals surface area contributed by atoms with Crippen LogP contribution < -0.4 is 5.32 Å². The lowest BCUT2D eigenvalue weighted by molar-refractivity contribution is -0.132. The molecule has 0 spiro atoms. The van der Waals surface area contributed by atoms with E-state index in [1.165, 1.54) is 212 Å². The second-order valence-corrected chi connectivity index (χ2v) is 18.2. The van der Waals surface area contributed by atoms with Gasteiger partial charge in [-0.1, -0.05) is 237 Å². The number of hydrogen-bond donors (Lipinski definition) is 5. The van der Waals surface area contributed by atoms with Crippen LogP contribution in [0, 0.1) is 0 Å². The van der Waals surface area contributed by atoms with Gasteiger partial charge in [0.25, 0.3) is 0 Å². The van der Waals surface area contributed by atoms with Gasteiger partial charge in [0, 0.05) is 0 Å². The van der Waals surface area contributed by atoms with Crippen molar-refractivity contribution in [1.29, 1.82) is 0 Å². The minimum Gasteiger partial charge on any atom is -0.394 e. The molecule has 5 N–H and O–H groups in total. The van der Waals surface area contributed by atoms with Gasteiger partial charge in [-0.2, -0.15) is 0 Å². The molecular weight excluding hydrogens is 731 g/mol. The van der Waals surface area contributed by atoms with E-state index < -0.39 is 36.9 Å². The first-order valence-electron chi connectivity index (χ1n) is 26.2. The maximum absolute atomic E-state index is 12.6. The van der Waals surface area contributed by atoms with Crippen molar-refractivity contribution < 1.29 is 25.2 Å². The number of aliphatic hydroxyl groups excluding tert-OH is 4. The monoisotopic (exact) mass is 834 g/mol. The SMILES string of the molecule is CCCCCCCCCCCCC/C=C/CCCC(O)C(O)C(CO)NC(=O)C(O)CCCCCCCCCCCCC/C=C\CCCCCCCCCCCCCC. The van der Waals surface area contributed by atoms with Gasteiger partial charge < -0.3 is 25.7 Å². The first-order chi connectivity index (χ1) is 29.0. The van der Waals surface area contributed by atoms with Crippen LogP contribution in [-0.2, 0) is 4.79 Å². The summed E-state index contributed by atoms with van der Waals surface area (Å²) in [6.45, 7) is 4.06. The van der Waals surface area contributed by atoms with Crippen LogP contribution in [0.5, 0.6) is 0 Å². The molecule has 0 aliphatic heterocycles. The molecule has 350 valence electrons. The number of nitrogens with one attached hydrogen (secondary N) is 1. The maximum atomic E-state index is 12.6. The largest absolute Gasteiger partial charge is 0.394 e. The summed E-state index contributed by atoms with van der Waals surface area (Å²) in [7, 11) is 0. The van der Waals surface area contributed by atoms with E-state index in [4.69, 9.17) is 0 Å². The van der Waals surface area contributed by atoms with E-state index in [1.807, 2.05) is 0 Å². The minimum atomic E-state index is -1.28. The molecule has 0 aliphatic carbocycles. The average Bonchev–Trinajstić information content (AvgIpc) is 3.24. The maximum Gasteiger partial charge on any atom is 0.249 e. The number of unbranched alkanes of at least 4 members (excludes halogenated alkanes) is 35. The predicted octanol–water partition coefficient (Wildman–Crippen LogP) is 14.7. The molecule has 4 unspecified atom stereocenters. The topological polar surface area (TPSA) is 110 Å². The summed E-state index contributed by atoms with van der Waals surface area (Å²) in [6, 6.07) is -1.00. The van der Waals surface area contributed by atoms with Gasteiger partial charge in [0.1, 0.15) is 12.2 Å². The van der Waals surface area contributed by atoms with Gasteiger partial charge in [-0.3, -0.25) is 4.79 Å². The minimum absolute atomic E-state index is 0.364. The van der Waals surface area contributed by atoms with Crippen LogP contribution >= 0.6 is 0 Å². The summed E-state index contributed by atoms with van der Waals surface area (Å²) in [5, 5.41) is 43.8. The molecule has 0 bridgehead atoms. The summed E-state index contributed by atoms with van der Waals surface area (Å²) >= 11 is 0. The van der Waals surface area contributed by atoms with Gasteiger partial charge in [0.15, 0.2) is 0 Å². The van der Waals surface area contributed by atoms with Gasteiger partial charge in [-0.15, -0.1) is 0 Å². The molecule has 1 amide bonds. The van der Waals surface area contributed by atoms with Crippen molar-refractivity contribution in [2.75, 3.05) is 6.61 Å². The third-order valence-corrected chi connectivity index (χ3v) is 12.4. The lowest BCUT2D eigenvalue weighted by Crippen LogP contribution is -2.53. The second-order valence-electron chi connectivity index (χ2n) is 18.2. The molecule has 0 heterocycles. The fraction of sp³-hybridized carbons (Fsp3) is 0.906. The van der Waals surface area contributed by atoms with E-state index in [1.54, 1.807) is 0 Å². The predicted molar refractivity (Wildman–Crippen MR) is 256 cm³/mol. The van der Waals surface area contributed by atoms with Crippen LogP contribution in [-0.4, -0.2) is 57.3 Å². The molecule has 0 saturated carbocycles. The lowest BCUT2D eigenvalue weighted by atomic mass is 10.00. The summed E-state index contributed by atoms with van der Waals surface area (Å²) in [5.74, 6) is -0.591. The Morgan fingerprint density at radius 1 is 0.407 bits per heavy atom. The van der Waals surface area contributed by atoms with Gasteiger partial charge in [0.2, 0.25) is 5.91 Å². The number of carbonyl (C=O) groups is 1. The Hall–Kier alpha value is -1.21. The van der Waals surface area contributed by atoms with Gasteiger partial charge in [0.05, 0.1) is 18.8 Å². The van der Waals surface area contributed by atoms with E-state index >= 15 is 0 Å². The Kier molecular flexibility index (Phi) is 46.9. The van der Waals surface area contributed by atoms with Crippen LogP contribution in [0.25, 0.3) is 0 Å². The quantitative estimate of drug-likeness (QED) is 0.0310. The first-order valence-corrected chi connectivity index (χ1v) is 26.2. The zero-order valence-electron chi connectivity index (χ0n) is 39.5. The van der Waals surface area contributed by atoms with Crippen molar-refractivity contribution in [1.82, 2.24) is 5.32 Å². The van der Waals surface area contributed by atoms with Crippen LogP contribution in [0.15, 0.2) is 24.3 Å². The Morgan fingerprint density at radius 3 is 1.02 bits per heavy atom. The molecule has 0 fully saturated rings. The summed E-state index contributed by atoms with van der Waals surface area (Å²) < 4.78 is 0. The standard InChI is InChI=1S/C53H103NO5/c1-3-5-7-9-11-13-15-17-19-21-22-23-24-25-26-27-28-29-30-31-33-35-37-39-41-43-45-47-51(57)53(59)54-49(48-55)52(58)50(56)46-44-42-40-38-36-34-32-20-18-16-14-12-10-8-6-4-2/h25-26,38,40,49-52,55-58H,3-24,27-37,39,41-48H2,1-2H3,(H,54,59)/b26-25-,40-38+. The smallest absolute Gasteiger partial charge is 0.249 e. The molecule has 6 heteroatoms. The molecule has 6 nitrogen and oxygen atoms in total. The van der Waals surface area contributed by atoms with E-state index in [0.29, 0.717) is 12.8 Å². The van der Waals surface area contributed by atoms with Crippen molar-refractivity contribution in [3.05, 3.63) is 24.3 Å². The fourth-order valence-electron chi connectivity index (χ4n) is 8.22. The van der Waals surface area contributed by atoms with Gasteiger partial charge >= 0.3 is 0 Å². The average molecular weight is 834 g/mol. The molecule has 0 aromatic rings. The molecule has 0 aromatic carbocycles. The normalized spacial score (nSPS) is 14.1. The molecule has 4 atom stereocenters. The van der Waals surface area contributed by atoms with E-state index in [2.05, 4.69) is 43.5 Å². The Balaban J connectivity index is 3.65. The molecule has 0 aromatic heterocycles. The highest BCUT2D eigenvalue weighted by Gasteiger charge is 2.28. The number of rotatable bonds is 48. The first kappa shape index (κ1) is 57.8. The highest BCUT2D eigenvalue weighted by atomic mass is 16.3. The Labute approximate surface area is 367 Å². The molecule has 59 heavy (non-hydrogen) atoms. The van der Waals surface area contributed by atoms with E-state index in [-0.39, 0.29) is 0 Å². The number of hydrogen-bond acceptors (Lipinski definition) is 5. The van der Waals surface area contributed by atoms with Crippen LogP contribution in [0.3, 0.4) is 0 Å². The van der Waals surface area contributed by atoms with Crippen LogP contribution in [0.4, 0.5) is 0 Å². The fourth-order valence-corrected chi connectivity index (χ4v) is 8.22. The van der Waals surface area contributed by atoms with Crippen molar-refractivity contribution in [2.45, 2.75) is 301 Å². The van der Waals surface area contributed by atoms with Crippen LogP contribution in [0.1, 0.15) is 277 Å². The zero-order valence-corrected chi connectivity index (χ0v) is 39.5. The number of carbonyl (C=O) groups excluding carboxylic acids is 1. The van der Waals surface area contributed by atoms with Crippen LogP contribution in [0.2, 0.25) is 0 Å². The number of amides is 1.